The van der Waals surface area contributed by atoms with Crippen LogP contribution in [-0.2, 0) is 34.0 Å². The fourth-order valence-electron chi connectivity index (χ4n) is 6.26. The van der Waals surface area contributed by atoms with Gasteiger partial charge in [-0.2, -0.15) is 0 Å². The molecule has 1 aliphatic rings. The Morgan fingerprint density at radius 1 is 0.907 bits per heavy atom. The van der Waals surface area contributed by atoms with E-state index in [9.17, 15) is 14.4 Å². The summed E-state index contributed by atoms with van der Waals surface area (Å²) >= 11 is 0. The van der Waals surface area contributed by atoms with Crippen molar-refractivity contribution in [3.63, 3.8) is 0 Å². The van der Waals surface area contributed by atoms with Gasteiger partial charge in [0, 0.05) is 24.0 Å². The molecule has 0 aliphatic carbocycles. The number of nitrogens with zero attached hydrogens (tertiary/aromatic N) is 4. The molecule has 0 fully saturated rings. The average Bonchev–Trinajstić information content (AvgIpc) is 3.79. The second kappa shape index (κ2) is 17.5. The van der Waals surface area contributed by atoms with Gasteiger partial charge >= 0.3 is 12.2 Å². The summed E-state index contributed by atoms with van der Waals surface area (Å²) < 4.78 is 16.5. The van der Waals surface area contributed by atoms with Crippen LogP contribution in [0.4, 0.5) is 9.59 Å². The second-order valence-corrected chi connectivity index (χ2v) is 14.4. The van der Waals surface area contributed by atoms with Crippen LogP contribution in [0.25, 0.3) is 44.2 Å². The van der Waals surface area contributed by atoms with E-state index in [1.807, 2.05) is 40.7 Å². The molecule has 0 saturated heterocycles. The lowest BCUT2D eigenvalue weighted by Crippen LogP contribution is -2.40. The average molecular weight is 740 g/mol. The van der Waals surface area contributed by atoms with Gasteiger partial charge in [-0.05, 0) is 80.0 Å². The minimum Gasteiger partial charge on any atom is -0.488 e. The first-order chi connectivity index (χ1) is 25.9. The number of aromatic nitrogens is 4. The summed E-state index contributed by atoms with van der Waals surface area (Å²) in [6.07, 6.45) is 3.58. The largest absolute Gasteiger partial charge is 0.488 e. The highest BCUT2D eigenvalue weighted by Gasteiger charge is 2.24. The first-order valence-corrected chi connectivity index (χ1v) is 18.7. The predicted octanol–water partition coefficient (Wildman–Crippen LogP) is 8.32. The molecule has 288 valence electrons. The SMILES string of the molecule is CCC.CCCN(Cc1ncc(-c2ccc3c(c2)COc2cc4c(ccc5[nH]c(CN(CCC)C(=O)OC(C)(C)C)nc54)cc2-3)[nH]1)C(=O)CNC(=O)OC. The van der Waals surface area contributed by atoms with Crippen LogP contribution in [0.2, 0.25) is 0 Å². The Kier molecular flexibility index (Phi) is 12.8. The maximum Gasteiger partial charge on any atom is 0.410 e. The van der Waals surface area contributed by atoms with E-state index >= 15 is 0 Å². The first kappa shape index (κ1) is 39.6. The summed E-state index contributed by atoms with van der Waals surface area (Å²) in [5.74, 6) is 1.90. The van der Waals surface area contributed by atoms with Crippen molar-refractivity contribution in [1.29, 1.82) is 0 Å². The van der Waals surface area contributed by atoms with Crippen LogP contribution in [0.5, 0.6) is 5.75 Å². The van der Waals surface area contributed by atoms with E-state index in [4.69, 9.17) is 14.5 Å². The summed E-state index contributed by atoms with van der Waals surface area (Å²) in [6, 6.07) is 14.6. The Labute approximate surface area is 316 Å². The molecule has 13 nitrogen and oxygen atoms in total. The number of benzene rings is 3. The molecule has 1 aliphatic heterocycles. The van der Waals surface area contributed by atoms with Crippen molar-refractivity contribution in [3.8, 4) is 28.1 Å². The summed E-state index contributed by atoms with van der Waals surface area (Å²) in [7, 11) is 1.26. The number of alkyl carbamates (subject to hydrolysis) is 1. The minimum absolute atomic E-state index is 0.150. The van der Waals surface area contributed by atoms with Crippen LogP contribution in [-0.4, -0.2) is 80.2 Å². The van der Waals surface area contributed by atoms with Crippen molar-refractivity contribution >= 4 is 39.9 Å². The number of nitrogens with one attached hydrogen (secondary N) is 3. The zero-order valence-corrected chi connectivity index (χ0v) is 32.7. The number of ether oxygens (including phenoxy) is 3. The van der Waals surface area contributed by atoms with E-state index in [2.05, 4.69) is 75.3 Å². The van der Waals surface area contributed by atoms with Crippen molar-refractivity contribution in [1.82, 2.24) is 35.1 Å². The van der Waals surface area contributed by atoms with E-state index in [-0.39, 0.29) is 25.1 Å². The van der Waals surface area contributed by atoms with Crippen LogP contribution in [0, 0.1) is 0 Å². The van der Waals surface area contributed by atoms with E-state index < -0.39 is 11.7 Å². The molecule has 13 heteroatoms. The van der Waals surface area contributed by atoms with Crippen LogP contribution in [0.3, 0.4) is 0 Å². The smallest absolute Gasteiger partial charge is 0.410 e. The fourth-order valence-corrected chi connectivity index (χ4v) is 6.26. The summed E-state index contributed by atoms with van der Waals surface area (Å²) in [6.45, 7) is 15.8. The monoisotopic (exact) mass is 739 g/mol. The Bertz CT molecular complexity index is 2100. The highest BCUT2D eigenvalue weighted by atomic mass is 16.6. The van der Waals surface area contributed by atoms with E-state index in [1.54, 1.807) is 16.0 Å². The summed E-state index contributed by atoms with van der Waals surface area (Å²) in [5, 5.41) is 4.44. The number of H-pyrrole nitrogens is 2. The van der Waals surface area contributed by atoms with Gasteiger partial charge in [-0.25, -0.2) is 19.6 Å². The fraction of sp³-hybridized carbons (Fsp3) is 0.439. The van der Waals surface area contributed by atoms with Gasteiger partial charge in [-0.3, -0.25) is 4.79 Å². The van der Waals surface area contributed by atoms with Gasteiger partial charge in [-0.1, -0.05) is 52.3 Å². The molecule has 0 atom stereocenters. The van der Waals surface area contributed by atoms with Gasteiger partial charge in [-0.15, -0.1) is 0 Å². The van der Waals surface area contributed by atoms with Gasteiger partial charge in [0.2, 0.25) is 5.91 Å². The lowest BCUT2D eigenvalue weighted by Gasteiger charge is -2.26. The molecule has 3 heterocycles. The molecule has 0 bridgehead atoms. The number of carbonyl (C=O) groups is 3. The molecule has 0 saturated carbocycles. The van der Waals surface area contributed by atoms with Crippen molar-refractivity contribution in [2.45, 2.75) is 93.0 Å². The van der Waals surface area contributed by atoms with Gasteiger partial charge in [0.05, 0.1) is 43.1 Å². The second-order valence-electron chi connectivity index (χ2n) is 14.4. The lowest BCUT2D eigenvalue weighted by molar-refractivity contribution is -0.130. The van der Waals surface area contributed by atoms with Gasteiger partial charge < -0.3 is 39.3 Å². The Balaban J connectivity index is 0.00000181. The third kappa shape index (κ3) is 9.49. The van der Waals surface area contributed by atoms with Crippen LogP contribution in [0.15, 0.2) is 48.7 Å². The number of hydrogen-bond acceptors (Lipinski definition) is 8. The van der Waals surface area contributed by atoms with Crippen molar-refractivity contribution in [2.75, 3.05) is 26.7 Å². The highest BCUT2D eigenvalue weighted by Crippen LogP contribution is 2.42. The van der Waals surface area contributed by atoms with E-state index in [0.29, 0.717) is 37.9 Å². The molecule has 0 radical (unpaired) electrons. The minimum atomic E-state index is -0.649. The Morgan fingerprint density at radius 3 is 2.33 bits per heavy atom. The molecule has 6 rings (SSSR count). The topological polar surface area (TPSA) is 155 Å². The molecule has 3 N–H and O–H groups in total. The lowest BCUT2D eigenvalue weighted by atomic mass is 9.92. The van der Waals surface area contributed by atoms with Gasteiger partial charge in [0.25, 0.3) is 0 Å². The summed E-state index contributed by atoms with van der Waals surface area (Å²) in [5.41, 5.74) is 6.06. The third-order valence-electron chi connectivity index (χ3n) is 8.58. The molecule has 0 unspecified atom stereocenters. The quantitative estimate of drug-likeness (QED) is 0.122. The normalized spacial score (nSPS) is 11.9. The number of carbonyl (C=O) groups excluding carboxylic acids is 3. The zero-order valence-electron chi connectivity index (χ0n) is 32.7. The first-order valence-electron chi connectivity index (χ1n) is 18.7. The maximum absolute atomic E-state index is 12.9. The van der Waals surface area contributed by atoms with Crippen LogP contribution >= 0.6 is 0 Å². The number of hydrogen-bond donors (Lipinski definition) is 3. The zero-order chi connectivity index (χ0) is 39.0. The van der Waals surface area contributed by atoms with Crippen LogP contribution in [0.1, 0.15) is 84.9 Å². The number of rotatable bonds is 11. The molecule has 3 aromatic carbocycles. The molecule has 0 spiro atoms. The summed E-state index contributed by atoms with van der Waals surface area (Å²) in [4.78, 5) is 56.6. The number of methoxy groups -OCH3 is 1. The highest BCUT2D eigenvalue weighted by molar-refractivity contribution is 6.07. The van der Waals surface area contributed by atoms with E-state index in [0.717, 1.165) is 68.3 Å². The van der Waals surface area contributed by atoms with Crippen molar-refractivity contribution < 1.29 is 28.6 Å². The molecule has 5 aromatic rings. The Hall–Kier alpha value is -5.59. The molecular formula is C41H53N7O6. The van der Waals surface area contributed by atoms with Crippen molar-refractivity contribution in [3.05, 3.63) is 65.9 Å². The maximum atomic E-state index is 12.9. The van der Waals surface area contributed by atoms with Gasteiger partial charge in [0.15, 0.2) is 0 Å². The molecule has 2 aromatic heterocycles. The van der Waals surface area contributed by atoms with Crippen molar-refractivity contribution in [2.24, 2.45) is 0 Å². The molecular weight excluding hydrogens is 686 g/mol. The van der Waals surface area contributed by atoms with Gasteiger partial charge in [0.1, 0.15) is 36.2 Å². The third-order valence-corrected chi connectivity index (χ3v) is 8.58. The van der Waals surface area contributed by atoms with Crippen LogP contribution < -0.4 is 10.1 Å². The predicted molar refractivity (Wildman–Crippen MR) is 210 cm³/mol. The standard InChI is InChI=1S/C38H45N7O6.C3H8/c1-7-13-44(34(46)19-40-36(47)49-6)20-32-39-18-30(42-32)24-9-11-26-25(15-24)22-50-31-17-27-23(16-28(26)31)10-12-29-35(27)43-33(41-29)21-45(14-8-2)37(48)51-38(3,4)5;1-3-2/h9-12,15-18H,7-8,13-14,19-22H2,1-6H3,(H,39,42)(H,40,47)(H,41,43);3H2,1-2H3. The number of aromatic amines is 2. The molecule has 54 heavy (non-hydrogen) atoms. The van der Waals surface area contributed by atoms with E-state index in [1.165, 1.54) is 13.5 Å². The molecule has 3 amide bonds. The Morgan fingerprint density at radius 2 is 1.63 bits per heavy atom. The number of imidazole rings is 2. The number of fused-ring (bicyclic) bond motifs is 6. The number of amides is 3.